The molecule has 0 saturated heterocycles. The molecule has 0 unspecified atom stereocenters. The standard InChI is InChI=1S/C13H14N2O2/c1-2-17-13(16)9-11-4-3-5-12(8-11)15-7-6-14-10-15/h3-8,10H,2,9H2,1H3. The molecular weight excluding hydrogens is 216 g/mol. The zero-order valence-electron chi connectivity index (χ0n) is 9.67. The Balaban J connectivity index is 2.15. The van der Waals surface area contributed by atoms with Gasteiger partial charge in [-0.1, -0.05) is 12.1 Å². The van der Waals surface area contributed by atoms with Gasteiger partial charge >= 0.3 is 5.97 Å². The number of benzene rings is 1. The first kappa shape index (κ1) is 11.4. The van der Waals surface area contributed by atoms with Crippen molar-refractivity contribution in [2.45, 2.75) is 13.3 Å². The van der Waals surface area contributed by atoms with Crippen LogP contribution < -0.4 is 0 Å². The van der Waals surface area contributed by atoms with Gasteiger partial charge in [-0.25, -0.2) is 4.98 Å². The fourth-order valence-corrected chi connectivity index (χ4v) is 1.62. The molecule has 88 valence electrons. The maximum atomic E-state index is 11.4. The summed E-state index contributed by atoms with van der Waals surface area (Å²) in [6.07, 6.45) is 5.61. The first-order valence-electron chi connectivity index (χ1n) is 5.52. The van der Waals surface area contributed by atoms with E-state index in [1.165, 1.54) is 0 Å². The Morgan fingerprint density at radius 1 is 1.47 bits per heavy atom. The molecule has 0 radical (unpaired) electrons. The van der Waals surface area contributed by atoms with Gasteiger partial charge in [0.25, 0.3) is 0 Å². The first-order chi connectivity index (χ1) is 8.29. The molecule has 2 aromatic rings. The van der Waals surface area contributed by atoms with Crippen molar-refractivity contribution in [3.8, 4) is 5.69 Å². The Morgan fingerprint density at radius 2 is 2.35 bits per heavy atom. The first-order valence-corrected chi connectivity index (χ1v) is 5.52. The van der Waals surface area contributed by atoms with Gasteiger partial charge in [-0.15, -0.1) is 0 Å². The molecule has 0 aliphatic carbocycles. The molecule has 0 N–H and O–H groups in total. The second-order valence-corrected chi connectivity index (χ2v) is 3.62. The van der Waals surface area contributed by atoms with Crippen molar-refractivity contribution in [3.05, 3.63) is 48.5 Å². The van der Waals surface area contributed by atoms with Crippen molar-refractivity contribution in [2.75, 3.05) is 6.61 Å². The van der Waals surface area contributed by atoms with Gasteiger partial charge in [-0.2, -0.15) is 0 Å². The highest BCUT2D eigenvalue weighted by Crippen LogP contribution is 2.11. The summed E-state index contributed by atoms with van der Waals surface area (Å²) in [5, 5.41) is 0. The average Bonchev–Trinajstić information content (AvgIpc) is 2.83. The highest BCUT2D eigenvalue weighted by atomic mass is 16.5. The lowest BCUT2D eigenvalue weighted by atomic mass is 10.1. The number of carbonyl (C=O) groups excluding carboxylic acids is 1. The van der Waals surface area contributed by atoms with E-state index in [1.54, 1.807) is 19.4 Å². The fourth-order valence-electron chi connectivity index (χ4n) is 1.62. The summed E-state index contributed by atoms with van der Waals surface area (Å²) >= 11 is 0. The normalized spacial score (nSPS) is 10.2. The number of hydrogen-bond donors (Lipinski definition) is 0. The van der Waals surface area contributed by atoms with E-state index in [1.807, 2.05) is 35.0 Å². The second-order valence-electron chi connectivity index (χ2n) is 3.62. The Morgan fingerprint density at radius 3 is 3.06 bits per heavy atom. The summed E-state index contributed by atoms with van der Waals surface area (Å²) in [5.41, 5.74) is 1.93. The number of ether oxygens (including phenoxy) is 1. The number of carbonyl (C=O) groups is 1. The van der Waals surface area contributed by atoms with Gasteiger partial charge in [0.05, 0.1) is 19.4 Å². The number of rotatable bonds is 4. The minimum atomic E-state index is -0.199. The Labute approximate surface area is 99.9 Å². The molecule has 0 atom stereocenters. The lowest BCUT2D eigenvalue weighted by Gasteiger charge is -2.05. The molecule has 0 fully saturated rings. The van der Waals surface area contributed by atoms with E-state index in [-0.39, 0.29) is 5.97 Å². The third-order valence-corrected chi connectivity index (χ3v) is 2.37. The van der Waals surface area contributed by atoms with Crippen molar-refractivity contribution in [2.24, 2.45) is 0 Å². The van der Waals surface area contributed by atoms with Crippen LogP contribution in [0.3, 0.4) is 0 Å². The Bertz CT molecular complexity index is 492. The quantitative estimate of drug-likeness (QED) is 0.754. The van der Waals surface area contributed by atoms with E-state index < -0.39 is 0 Å². The van der Waals surface area contributed by atoms with Crippen LogP contribution in [0.4, 0.5) is 0 Å². The van der Waals surface area contributed by atoms with Crippen molar-refractivity contribution in [1.82, 2.24) is 9.55 Å². The van der Waals surface area contributed by atoms with Crippen LogP contribution in [0, 0.1) is 0 Å². The predicted molar refractivity (Wildman–Crippen MR) is 63.9 cm³/mol. The highest BCUT2D eigenvalue weighted by Gasteiger charge is 2.04. The summed E-state index contributed by atoms with van der Waals surface area (Å²) in [5.74, 6) is -0.199. The van der Waals surface area contributed by atoms with E-state index in [2.05, 4.69) is 4.98 Å². The number of hydrogen-bond acceptors (Lipinski definition) is 3. The van der Waals surface area contributed by atoms with Gasteiger partial charge in [0.2, 0.25) is 0 Å². The smallest absolute Gasteiger partial charge is 0.310 e. The SMILES string of the molecule is CCOC(=O)Cc1cccc(-n2ccnc2)c1. The van der Waals surface area contributed by atoms with Gasteiger partial charge in [0.1, 0.15) is 0 Å². The molecule has 1 heterocycles. The fraction of sp³-hybridized carbons (Fsp3) is 0.231. The van der Waals surface area contributed by atoms with Crippen molar-refractivity contribution in [3.63, 3.8) is 0 Å². The van der Waals surface area contributed by atoms with Crippen LogP contribution in [0.15, 0.2) is 43.0 Å². The number of aromatic nitrogens is 2. The van der Waals surface area contributed by atoms with Gasteiger partial charge in [-0.3, -0.25) is 4.79 Å². The van der Waals surface area contributed by atoms with Crippen LogP contribution >= 0.6 is 0 Å². The van der Waals surface area contributed by atoms with Gasteiger partial charge in [0.15, 0.2) is 0 Å². The van der Waals surface area contributed by atoms with Gasteiger partial charge < -0.3 is 9.30 Å². The predicted octanol–water partition coefficient (Wildman–Crippen LogP) is 1.98. The molecule has 1 aromatic heterocycles. The molecule has 0 aliphatic heterocycles. The Hall–Kier alpha value is -2.10. The molecule has 2 rings (SSSR count). The third-order valence-electron chi connectivity index (χ3n) is 2.37. The summed E-state index contributed by atoms with van der Waals surface area (Å²) in [6.45, 7) is 2.22. The van der Waals surface area contributed by atoms with Crippen molar-refractivity contribution >= 4 is 5.97 Å². The second kappa shape index (κ2) is 5.30. The third kappa shape index (κ3) is 2.93. The maximum absolute atomic E-state index is 11.4. The molecule has 4 nitrogen and oxygen atoms in total. The van der Waals surface area contributed by atoms with Crippen LogP contribution in [0.5, 0.6) is 0 Å². The lowest BCUT2D eigenvalue weighted by Crippen LogP contribution is -2.07. The molecule has 1 aromatic carbocycles. The average molecular weight is 230 g/mol. The van der Waals surface area contributed by atoms with E-state index >= 15 is 0 Å². The topological polar surface area (TPSA) is 44.1 Å². The van der Waals surface area contributed by atoms with Gasteiger partial charge in [-0.05, 0) is 24.6 Å². The largest absolute Gasteiger partial charge is 0.466 e. The van der Waals surface area contributed by atoms with Crippen molar-refractivity contribution < 1.29 is 9.53 Å². The number of nitrogens with zero attached hydrogens (tertiary/aromatic N) is 2. The van der Waals surface area contributed by atoms with Crippen molar-refractivity contribution in [1.29, 1.82) is 0 Å². The molecule has 4 heteroatoms. The zero-order chi connectivity index (χ0) is 12.1. The molecular formula is C13H14N2O2. The van der Waals surface area contributed by atoms with E-state index in [9.17, 15) is 4.79 Å². The van der Waals surface area contributed by atoms with Crippen LogP contribution in [-0.2, 0) is 16.0 Å². The molecule has 0 amide bonds. The summed E-state index contributed by atoms with van der Waals surface area (Å²) in [4.78, 5) is 15.4. The van der Waals surface area contributed by atoms with E-state index in [0.29, 0.717) is 13.0 Å². The molecule has 17 heavy (non-hydrogen) atoms. The molecule has 0 bridgehead atoms. The Kier molecular flexibility index (Phi) is 3.55. The number of esters is 1. The molecule has 0 saturated carbocycles. The van der Waals surface area contributed by atoms with E-state index in [0.717, 1.165) is 11.3 Å². The zero-order valence-corrected chi connectivity index (χ0v) is 9.67. The summed E-state index contributed by atoms with van der Waals surface area (Å²) < 4.78 is 6.82. The number of imidazole rings is 1. The van der Waals surface area contributed by atoms with Gasteiger partial charge in [0, 0.05) is 18.1 Å². The minimum Gasteiger partial charge on any atom is -0.466 e. The van der Waals surface area contributed by atoms with E-state index in [4.69, 9.17) is 4.74 Å². The minimum absolute atomic E-state index is 0.199. The van der Waals surface area contributed by atoms with Crippen LogP contribution in [0.25, 0.3) is 5.69 Å². The van der Waals surface area contributed by atoms with Crippen LogP contribution in [0.1, 0.15) is 12.5 Å². The van der Waals surface area contributed by atoms with Crippen LogP contribution in [0.2, 0.25) is 0 Å². The van der Waals surface area contributed by atoms with Crippen LogP contribution in [-0.4, -0.2) is 22.1 Å². The molecule has 0 aliphatic rings. The maximum Gasteiger partial charge on any atom is 0.310 e. The molecule has 0 spiro atoms. The highest BCUT2D eigenvalue weighted by molar-refractivity contribution is 5.72. The summed E-state index contributed by atoms with van der Waals surface area (Å²) in [7, 11) is 0. The summed E-state index contributed by atoms with van der Waals surface area (Å²) in [6, 6.07) is 7.76. The monoisotopic (exact) mass is 230 g/mol. The lowest BCUT2D eigenvalue weighted by molar-refractivity contribution is -0.142.